The van der Waals surface area contributed by atoms with Crippen LogP contribution in [0.15, 0.2) is 389 Å². The maximum Gasteiger partial charge on any atom is 0.143 e. The van der Waals surface area contributed by atoms with Crippen LogP contribution in [0.3, 0.4) is 0 Å². The standard InChI is InChI=1S/C50H31NO.C26H17Br.C25H16O/c1-2-13-32(14-3-1)48-39-17-4-6-19-41(39)49(42-20-7-5-18-40(42)48)33-25-28-35(29-26-33)51-45-23-10-8-15-37(45)44-31-34(27-30-46(44)51)36-21-12-22-43-38-16-9-11-24-47(38)52-50(36)43;27-20-16-14-19(15-17-20)26-23-12-6-4-10-21(23)25(18-8-2-1-3-9-18)22-11-5-7-13-24(22)26;1-2-7-19-16(6-1)14-17-12-13-18(15-23(17)19)20-9-5-10-22-21-8-3-4-11-24(21)26-25(20)22/h1-31H;1-17H;1-13,15H,14H2. The number of nitrogens with zero attached hydrogens (tertiary/aromatic N) is 1. The van der Waals surface area contributed by atoms with Crippen LogP contribution in [0.2, 0.25) is 0 Å². The van der Waals surface area contributed by atoms with Crippen LogP contribution in [0.25, 0.3) is 192 Å². The van der Waals surface area contributed by atoms with Crippen molar-refractivity contribution in [2.45, 2.75) is 6.42 Å². The zero-order chi connectivity index (χ0) is 69.5. The number of rotatable bonds is 7. The molecule has 4 heteroatoms. The Morgan fingerprint density at radius 3 is 1.06 bits per heavy atom. The molecule has 22 rings (SSSR count). The van der Waals surface area contributed by atoms with Gasteiger partial charge in [-0.3, -0.25) is 0 Å². The zero-order valence-electron chi connectivity index (χ0n) is 57.1. The second-order valence-corrected chi connectivity index (χ2v) is 28.2. The van der Waals surface area contributed by atoms with E-state index in [0.717, 1.165) is 66.4 Å². The van der Waals surface area contributed by atoms with Crippen molar-refractivity contribution >= 4 is 125 Å². The third-order valence-electron chi connectivity index (χ3n) is 21.4. The van der Waals surface area contributed by atoms with Gasteiger partial charge in [0.05, 0.1) is 11.0 Å². The summed E-state index contributed by atoms with van der Waals surface area (Å²) in [7, 11) is 0. The lowest BCUT2D eigenvalue weighted by Crippen LogP contribution is -1.94. The molecule has 0 amide bonds. The smallest absolute Gasteiger partial charge is 0.143 e. The van der Waals surface area contributed by atoms with E-state index in [1.165, 1.54) is 148 Å². The molecule has 18 aromatic carbocycles. The third-order valence-corrected chi connectivity index (χ3v) is 22.0. The lowest BCUT2D eigenvalue weighted by molar-refractivity contribution is 0.669. The summed E-state index contributed by atoms with van der Waals surface area (Å²) >= 11 is 3.56. The first-order valence-electron chi connectivity index (χ1n) is 35.9. The Bertz CT molecular complexity index is 6870. The van der Waals surface area contributed by atoms with Crippen molar-refractivity contribution < 1.29 is 8.83 Å². The Kier molecular flexibility index (Phi) is 15.1. The van der Waals surface area contributed by atoms with Gasteiger partial charge in [0.15, 0.2) is 0 Å². The molecule has 0 unspecified atom stereocenters. The summed E-state index contributed by atoms with van der Waals surface area (Å²) in [6.07, 6.45) is 1.03. The number of fused-ring (bicyclic) bond motifs is 16. The van der Waals surface area contributed by atoms with E-state index in [1.807, 2.05) is 24.3 Å². The predicted molar refractivity (Wildman–Crippen MR) is 447 cm³/mol. The summed E-state index contributed by atoms with van der Waals surface area (Å²) in [5.74, 6) is 0. The number of aromatic nitrogens is 1. The van der Waals surface area contributed by atoms with E-state index in [-0.39, 0.29) is 0 Å². The van der Waals surface area contributed by atoms with Gasteiger partial charge in [0.2, 0.25) is 0 Å². The van der Waals surface area contributed by atoms with Crippen molar-refractivity contribution in [1.29, 1.82) is 0 Å². The molecule has 105 heavy (non-hydrogen) atoms. The maximum absolute atomic E-state index is 6.44. The van der Waals surface area contributed by atoms with Crippen LogP contribution in [-0.2, 0) is 6.42 Å². The van der Waals surface area contributed by atoms with Gasteiger partial charge in [0.25, 0.3) is 0 Å². The van der Waals surface area contributed by atoms with Crippen molar-refractivity contribution in [3.63, 3.8) is 0 Å². The molecule has 0 radical (unpaired) electrons. The van der Waals surface area contributed by atoms with E-state index in [4.69, 9.17) is 8.83 Å². The molecule has 0 saturated heterocycles. The van der Waals surface area contributed by atoms with E-state index in [2.05, 4.69) is 372 Å². The van der Waals surface area contributed by atoms with Crippen LogP contribution in [0.5, 0.6) is 0 Å². The van der Waals surface area contributed by atoms with Crippen LogP contribution in [0.1, 0.15) is 11.1 Å². The average molecular weight is 1400 g/mol. The second-order valence-electron chi connectivity index (χ2n) is 27.3. The van der Waals surface area contributed by atoms with Crippen LogP contribution in [-0.4, -0.2) is 4.57 Å². The van der Waals surface area contributed by atoms with Gasteiger partial charge in [-0.2, -0.15) is 0 Å². The van der Waals surface area contributed by atoms with Gasteiger partial charge in [-0.15, -0.1) is 0 Å². The molecule has 21 aromatic rings. The van der Waals surface area contributed by atoms with Gasteiger partial charge in [0.1, 0.15) is 22.3 Å². The largest absolute Gasteiger partial charge is 0.455 e. The minimum atomic E-state index is 0.916. The van der Waals surface area contributed by atoms with Crippen molar-refractivity contribution in [3.8, 4) is 83.6 Å². The number of furan rings is 2. The molecule has 3 nitrogen and oxygen atoms in total. The van der Waals surface area contributed by atoms with Gasteiger partial charge in [-0.1, -0.05) is 331 Å². The Hall–Kier alpha value is -13.1. The van der Waals surface area contributed by atoms with Gasteiger partial charge < -0.3 is 13.4 Å². The number of benzene rings is 18. The average Bonchev–Trinajstić information content (AvgIpc) is 1.25. The molecule has 0 spiro atoms. The van der Waals surface area contributed by atoms with Gasteiger partial charge >= 0.3 is 0 Å². The van der Waals surface area contributed by atoms with Gasteiger partial charge in [-0.05, 0) is 188 Å². The molecule has 492 valence electrons. The first-order chi connectivity index (χ1) is 52.0. The molecule has 0 aliphatic heterocycles. The molecule has 0 fully saturated rings. The molecular weight excluding hydrogens is 1340 g/mol. The van der Waals surface area contributed by atoms with E-state index < -0.39 is 0 Å². The van der Waals surface area contributed by atoms with Crippen LogP contribution < -0.4 is 0 Å². The highest BCUT2D eigenvalue weighted by Crippen LogP contribution is 2.48. The Morgan fingerprint density at radius 2 is 0.562 bits per heavy atom. The van der Waals surface area contributed by atoms with Crippen molar-refractivity contribution in [1.82, 2.24) is 4.57 Å². The van der Waals surface area contributed by atoms with Crippen LogP contribution >= 0.6 is 15.9 Å². The summed E-state index contributed by atoms with van der Waals surface area (Å²) in [5, 5.41) is 17.3. The van der Waals surface area contributed by atoms with Gasteiger partial charge in [0, 0.05) is 53.6 Å². The minimum Gasteiger partial charge on any atom is -0.455 e. The first kappa shape index (κ1) is 61.7. The lowest BCUT2D eigenvalue weighted by atomic mass is 9.86. The normalized spacial score (nSPS) is 11.8. The number of para-hydroxylation sites is 5. The summed E-state index contributed by atoms with van der Waals surface area (Å²) in [4.78, 5) is 0. The Balaban J connectivity index is 0.000000116. The number of hydrogen-bond donors (Lipinski definition) is 0. The molecule has 3 heterocycles. The topological polar surface area (TPSA) is 31.2 Å². The summed E-state index contributed by atoms with van der Waals surface area (Å²) in [6, 6.07) is 135. The highest BCUT2D eigenvalue weighted by molar-refractivity contribution is 9.10. The molecule has 0 atom stereocenters. The molecule has 1 aliphatic rings. The van der Waals surface area contributed by atoms with Crippen molar-refractivity contribution in [2.75, 3.05) is 0 Å². The van der Waals surface area contributed by atoms with Gasteiger partial charge in [-0.25, -0.2) is 0 Å². The fourth-order valence-electron chi connectivity index (χ4n) is 16.8. The monoisotopic (exact) mass is 1400 g/mol. The van der Waals surface area contributed by atoms with Crippen molar-refractivity contribution in [2.24, 2.45) is 0 Å². The third kappa shape index (κ3) is 10.5. The van der Waals surface area contributed by atoms with Crippen molar-refractivity contribution in [3.05, 3.63) is 392 Å². The van der Waals surface area contributed by atoms with Crippen LogP contribution in [0, 0.1) is 0 Å². The second kappa shape index (κ2) is 25.7. The summed E-state index contributed by atoms with van der Waals surface area (Å²) in [6.45, 7) is 0. The predicted octanol–water partition coefficient (Wildman–Crippen LogP) is 28.9. The zero-order valence-corrected chi connectivity index (χ0v) is 58.7. The highest BCUT2D eigenvalue weighted by Gasteiger charge is 2.23. The molecule has 1 aliphatic carbocycles. The fraction of sp³-hybridized carbons (Fsp3) is 0.00990. The fourth-order valence-corrected chi connectivity index (χ4v) is 17.0. The summed E-state index contributed by atoms with van der Waals surface area (Å²) < 4.78 is 16.2. The van der Waals surface area contributed by atoms with E-state index in [1.54, 1.807) is 0 Å². The Morgan fingerprint density at radius 1 is 0.219 bits per heavy atom. The molecule has 0 bridgehead atoms. The molecule has 0 saturated carbocycles. The van der Waals surface area contributed by atoms with Crippen LogP contribution in [0.4, 0.5) is 0 Å². The maximum atomic E-state index is 6.44. The SMILES string of the molecule is Brc1ccc(-c2c3ccccc3c(-c3ccccc3)c3ccccc23)cc1.c1ccc(-c2c3ccccc3c(-c3ccc(-n4c5ccccc5c5cc(-c6cccc7c6oc6ccccc67)ccc54)cc3)c3ccccc23)cc1.c1ccc2c(c1)Cc1ccc(-c3cccc4c3oc3ccccc34)cc1-2. The molecule has 3 aromatic heterocycles. The van der Waals surface area contributed by atoms with E-state index in [0.29, 0.717) is 0 Å². The number of hydrogen-bond acceptors (Lipinski definition) is 2. The number of halogens is 1. The Labute approximate surface area is 615 Å². The quantitative estimate of drug-likeness (QED) is 0.149. The summed E-state index contributed by atoms with van der Waals surface area (Å²) in [5.41, 5.74) is 27.5. The lowest BCUT2D eigenvalue weighted by Gasteiger charge is -2.18. The molecular formula is C101H64BrNO2. The minimum absolute atomic E-state index is 0.916. The van der Waals surface area contributed by atoms with E-state index >= 15 is 0 Å². The molecule has 0 N–H and O–H groups in total. The first-order valence-corrected chi connectivity index (χ1v) is 36.7. The highest BCUT2D eigenvalue weighted by atomic mass is 79.9. The van der Waals surface area contributed by atoms with E-state index in [9.17, 15) is 0 Å².